The normalized spacial score (nSPS) is 14.0. The summed E-state index contributed by atoms with van der Waals surface area (Å²) in [5.74, 6) is 1.66. The Balaban J connectivity index is 1.82. The Labute approximate surface area is 142 Å². The standard InChI is InChI=1S/C18H22N6/c1-3-4-8-11-24-17-16(19-13-20-17)14(2)22-18(24)23-21-12-15-9-6-5-7-10-15/h5-7,9-10,12-13H,2-4,8,11H2,1H3,(H2,19,20,22,23)/p+1/b21-12+. The lowest BCUT2D eigenvalue weighted by Crippen LogP contribution is -2.43. The fourth-order valence-corrected chi connectivity index (χ4v) is 2.63. The van der Waals surface area contributed by atoms with Gasteiger partial charge in [-0.05, 0) is 12.0 Å². The topological polar surface area (TPSA) is 68.1 Å². The van der Waals surface area contributed by atoms with Crippen LogP contribution in [0.3, 0.4) is 0 Å². The summed E-state index contributed by atoms with van der Waals surface area (Å²) >= 11 is 0. The highest BCUT2D eigenvalue weighted by Gasteiger charge is 2.28. The lowest BCUT2D eigenvalue weighted by atomic mass is 10.2. The van der Waals surface area contributed by atoms with Crippen molar-refractivity contribution in [2.45, 2.75) is 26.2 Å². The minimum atomic E-state index is 0.780. The quantitative estimate of drug-likeness (QED) is 0.331. The largest absolute Gasteiger partial charge is 0.337 e. The summed E-state index contributed by atoms with van der Waals surface area (Å²) in [6.45, 7) is 7.12. The average Bonchev–Trinajstić information content (AvgIpc) is 3.09. The van der Waals surface area contributed by atoms with Crippen LogP contribution in [0.4, 0.5) is 5.82 Å². The Morgan fingerprint density at radius 1 is 1.29 bits per heavy atom. The van der Waals surface area contributed by atoms with Gasteiger partial charge in [0.05, 0.1) is 12.8 Å². The fraction of sp³-hybridized carbons (Fsp3) is 0.278. The third-order valence-electron chi connectivity index (χ3n) is 3.88. The van der Waals surface area contributed by atoms with Crippen LogP contribution in [0.2, 0.25) is 0 Å². The van der Waals surface area contributed by atoms with Crippen molar-refractivity contribution in [2.24, 2.45) is 5.10 Å². The van der Waals surface area contributed by atoms with Gasteiger partial charge in [0.1, 0.15) is 11.4 Å². The van der Waals surface area contributed by atoms with Crippen LogP contribution in [0.5, 0.6) is 0 Å². The van der Waals surface area contributed by atoms with Gasteiger partial charge in [0.2, 0.25) is 0 Å². The molecule has 0 bridgehead atoms. The summed E-state index contributed by atoms with van der Waals surface area (Å²) in [5, 5.41) is 7.61. The molecule has 3 rings (SSSR count). The molecule has 6 nitrogen and oxygen atoms in total. The minimum absolute atomic E-state index is 0.780. The molecule has 0 unspecified atom stereocenters. The van der Waals surface area contributed by atoms with Gasteiger partial charge in [-0.15, -0.1) is 10.1 Å². The van der Waals surface area contributed by atoms with Gasteiger partial charge in [-0.25, -0.2) is 4.58 Å². The third kappa shape index (κ3) is 3.53. The van der Waals surface area contributed by atoms with E-state index in [1.54, 1.807) is 12.5 Å². The number of guanidine groups is 1. The van der Waals surface area contributed by atoms with Crippen molar-refractivity contribution in [1.29, 1.82) is 0 Å². The number of rotatable bonds is 6. The van der Waals surface area contributed by atoms with Crippen molar-refractivity contribution in [1.82, 2.24) is 20.7 Å². The van der Waals surface area contributed by atoms with Crippen molar-refractivity contribution in [2.75, 3.05) is 6.54 Å². The molecule has 0 aliphatic carbocycles. The Hall–Kier alpha value is -2.89. The zero-order chi connectivity index (χ0) is 16.8. The predicted molar refractivity (Wildman–Crippen MR) is 97.2 cm³/mol. The average molecular weight is 323 g/mol. The number of nitrogens with one attached hydrogen (secondary N) is 3. The van der Waals surface area contributed by atoms with Gasteiger partial charge in [0.25, 0.3) is 5.82 Å². The summed E-state index contributed by atoms with van der Waals surface area (Å²) in [5.41, 5.74) is 5.84. The maximum Gasteiger partial charge on any atom is 0.337 e. The van der Waals surface area contributed by atoms with Crippen molar-refractivity contribution in [3.05, 3.63) is 54.5 Å². The van der Waals surface area contributed by atoms with Crippen LogP contribution in [0.15, 0.2) is 48.3 Å². The van der Waals surface area contributed by atoms with Crippen molar-refractivity contribution in [3.8, 4) is 0 Å². The molecule has 1 aliphatic rings. The first-order valence-corrected chi connectivity index (χ1v) is 8.28. The smallest absolute Gasteiger partial charge is 0.329 e. The SMILES string of the molecule is C=C1NC(N/N=C/c2ccccc2)=[N+](CCCCC)c2nc[nH]c21. The van der Waals surface area contributed by atoms with E-state index in [1.165, 1.54) is 12.8 Å². The molecule has 0 spiro atoms. The second kappa shape index (κ2) is 7.59. The van der Waals surface area contributed by atoms with Crippen LogP contribution < -0.4 is 10.7 Å². The van der Waals surface area contributed by atoms with Crippen molar-refractivity contribution >= 4 is 23.7 Å². The summed E-state index contributed by atoms with van der Waals surface area (Å²) in [7, 11) is 0. The molecule has 0 atom stereocenters. The number of hydrazone groups is 1. The number of unbranched alkanes of at least 4 members (excludes halogenated alkanes) is 2. The predicted octanol–water partition coefficient (Wildman–Crippen LogP) is 2.80. The summed E-state index contributed by atoms with van der Waals surface area (Å²) in [6.07, 6.45) is 6.93. The van der Waals surface area contributed by atoms with Crippen LogP contribution >= 0.6 is 0 Å². The molecule has 24 heavy (non-hydrogen) atoms. The van der Waals surface area contributed by atoms with E-state index in [0.29, 0.717) is 0 Å². The number of hydrogen-bond donors (Lipinski definition) is 3. The molecule has 0 amide bonds. The van der Waals surface area contributed by atoms with E-state index in [9.17, 15) is 0 Å². The molecule has 2 heterocycles. The molecule has 1 aromatic carbocycles. The molecule has 1 aliphatic heterocycles. The number of imidazole rings is 1. The van der Waals surface area contributed by atoms with E-state index in [-0.39, 0.29) is 0 Å². The lowest BCUT2D eigenvalue weighted by molar-refractivity contribution is -0.451. The maximum absolute atomic E-state index is 4.44. The summed E-state index contributed by atoms with van der Waals surface area (Å²) in [4.78, 5) is 7.58. The maximum atomic E-state index is 4.44. The summed E-state index contributed by atoms with van der Waals surface area (Å²) < 4.78 is 2.11. The number of fused-ring (bicyclic) bond motifs is 1. The third-order valence-corrected chi connectivity index (χ3v) is 3.88. The van der Waals surface area contributed by atoms with E-state index in [4.69, 9.17) is 0 Å². The van der Waals surface area contributed by atoms with Gasteiger partial charge in [0.15, 0.2) is 6.33 Å². The first-order valence-electron chi connectivity index (χ1n) is 8.28. The van der Waals surface area contributed by atoms with Gasteiger partial charge in [-0.3, -0.25) is 5.32 Å². The number of benzene rings is 1. The van der Waals surface area contributed by atoms with Crippen molar-refractivity contribution < 1.29 is 4.58 Å². The van der Waals surface area contributed by atoms with Crippen LogP contribution in [0.25, 0.3) is 5.70 Å². The van der Waals surface area contributed by atoms with E-state index in [1.807, 2.05) is 30.3 Å². The Morgan fingerprint density at radius 3 is 2.92 bits per heavy atom. The fourth-order valence-electron chi connectivity index (χ4n) is 2.63. The van der Waals surface area contributed by atoms with Gasteiger partial charge in [-0.2, -0.15) is 5.43 Å². The molecular formula is C18H23N6+. The first-order chi connectivity index (χ1) is 11.8. The highest BCUT2D eigenvalue weighted by molar-refractivity contribution is 5.90. The molecule has 0 saturated carbocycles. The monoisotopic (exact) mass is 323 g/mol. The molecular weight excluding hydrogens is 300 g/mol. The van der Waals surface area contributed by atoms with Crippen LogP contribution in [0, 0.1) is 0 Å². The highest BCUT2D eigenvalue weighted by atomic mass is 15.4. The molecule has 0 radical (unpaired) electrons. The number of H-pyrrole nitrogens is 1. The number of aromatic amines is 1. The zero-order valence-corrected chi connectivity index (χ0v) is 13.9. The molecule has 0 fully saturated rings. The highest BCUT2D eigenvalue weighted by Crippen LogP contribution is 2.23. The Morgan fingerprint density at radius 2 is 2.12 bits per heavy atom. The van der Waals surface area contributed by atoms with Crippen LogP contribution in [0.1, 0.15) is 37.4 Å². The van der Waals surface area contributed by atoms with E-state index in [0.717, 1.165) is 41.7 Å². The van der Waals surface area contributed by atoms with Gasteiger partial charge in [0, 0.05) is 0 Å². The number of nitrogens with zero attached hydrogens (tertiary/aromatic N) is 3. The number of aromatic nitrogens is 2. The number of hydrogen-bond acceptors (Lipinski definition) is 4. The zero-order valence-electron chi connectivity index (χ0n) is 13.9. The molecule has 2 aromatic rings. The van der Waals surface area contributed by atoms with Crippen LogP contribution in [-0.2, 0) is 0 Å². The molecule has 124 valence electrons. The van der Waals surface area contributed by atoms with E-state index < -0.39 is 0 Å². The van der Waals surface area contributed by atoms with Gasteiger partial charge >= 0.3 is 5.96 Å². The molecule has 6 heteroatoms. The lowest BCUT2D eigenvalue weighted by Gasteiger charge is -2.18. The Kier molecular flexibility index (Phi) is 5.05. The van der Waals surface area contributed by atoms with Crippen molar-refractivity contribution in [3.63, 3.8) is 0 Å². The van der Waals surface area contributed by atoms with E-state index in [2.05, 4.69) is 43.9 Å². The molecule has 3 N–H and O–H groups in total. The molecule has 0 saturated heterocycles. The molecule has 1 aromatic heterocycles. The van der Waals surface area contributed by atoms with Gasteiger partial charge < -0.3 is 4.98 Å². The first kappa shape index (κ1) is 16.0. The second-order valence-corrected chi connectivity index (χ2v) is 5.69. The Bertz CT molecular complexity index is 757. The summed E-state index contributed by atoms with van der Waals surface area (Å²) in [6, 6.07) is 9.98. The second-order valence-electron chi connectivity index (χ2n) is 5.69. The van der Waals surface area contributed by atoms with E-state index >= 15 is 0 Å². The van der Waals surface area contributed by atoms with Crippen LogP contribution in [-0.4, -0.2) is 33.3 Å². The minimum Gasteiger partial charge on any atom is -0.329 e. The van der Waals surface area contributed by atoms with Gasteiger partial charge in [-0.1, -0.05) is 56.7 Å².